The Labute approximate surface area is 120 Å². The van der Waals surface area contributed by atoms with E-state index in [0.29, 0.717) is 19.6 Å². The van der Waals surface area contributed by atoms with Crippen LogP contribution in [0.1, 0.15) is 39.5 Å². The maximum absolute atomic E-state index is 11.5. The van der Waals surface area contributed by atoms with E-state index < -0.39 is 11.4 Å². The molecule has 0 aromatic heterocycles. The van der Waals surface area contributed by atoms with Gasteiger partial charge in [-0.1, -0.05) is 6.92 Å². The number of ether oxygens (including phenoxy) is 1. The average Bonchev–Trinajstić information content (AvgIpc) is 3.23. The molecular formula is C14H26N2O4. The topological polar surface area (TPSA) is 87.7 Å². The highest BCUT2D eigenvalue weighted by Gasteiger charge is 2.31. The zero-order valence-electron chi connectivity index (χ0n) is 12.4. The van der Waals surface area contributed by atoms with Crippen LogP contribution in [0.15, 0.2) is 0 Å². The second-order valence-corrected chi connectivity index (χ2v) is 5.70. The van der Waals surface area contributed by atoms with E-state index in [-0.39, 0.29) is 12.6 Å². The van der Waals surface area contributed by atoms with E-state index in [2.05, 4.69) is 10.6 Å². The molecule has 2 amide bonds. The normalized spacial score (nSPS) is 17.3. The van der Waals surface area contributed by atoms with Crippen molar-refractivity contribution in [2.45, 2.75) is 39.5 Å². The van der Waals surface area contributed by atoms with Crippen molar-refractivity contribution >= 4 is 12.0 Å². The van der Waals surface area contributed by atoms with Crippen molar-refractivity contribution in [2.75, 3.05) is 26.3 Å². The number of carboxylic acids is 1. The molecule has 0 heterocycles. The van der Waals surface area contributed by atoms with E-state index in [1.54, 1.807) is 13.8 Å². The Morgan fingerprint density at radius 1 is 1.35 bits per heavy atom. The van der Waals surface area contributed by atoms with Gasteiger partial charge in [-0.25, -0.2) is 4.79 Å². The molecule has 1 aliphatic carbocycles. The molecule has 1 atom stereocenters. The zero-order valence-corrected chi connectivity index (χ0v) is 12.4. The summed E-state index contributed by atoms with van der Waals surface area (Å²) in [7, 11) is 0. The SMILES string of the molecule is CCC(C)(CNC(=O)NCCCOCC1CC1)C(=O)O. The van der Waals surface area contributed by atoms with Gasteiger partial charge in [0.25, 0.3) is 0 Å². The fourth-order valence-electron chi connectivity index (χ4n) is 1.60. The highest BCUT2D eigenvalue weighted by atomic mass is 16.5. The molecule has 3 N–H and O–H groups in total. The van der Waals surface area contributed by atoms with E-state index in [4.69, 9.17) is 9.84 Å². The van der Waals surface area contributed by atoms with Gasteiger partial charge in [-0.15, -0.1) is 0 Å². The third-order valence-corrected chi connectivity index (χ3v) is 3.74. The summed E-state index contributed by atoms with van der Waals surface area (Å²) >= 11 is 0. The minimum Gasteiger partial charge on any atom is -0.481 e. The van der Waals surface area contributed by atoms with Crippen molar-refractivity contribution in [3.63, 3.8) is 0 Å². The molecule has 1 saturated carbocycles. The van der Waals surface area contributed by atoms with Crippen LogP contribution in [0, 0.1) is 11.3 Å². The summed E-state index contributed by atoms with van der Waals surface area (Å²) in [5.74, 6) is -0.136. The van der Waals surface area contributed by atoms with Crippen molar-refractivity contribution in [3.8, 4) is 0 Å². The molecule has 0 bridgehead atoms. The Morgan fingerprint density at radius 2 is 2.05 bits per heavy atom. The molecule has 1 fully saturated rings. The van der Waals surface area contributed by atoms with E-state index in [1.807, 2.05) is 0 Å². The molecule has 6 heteroatoms. The van der Waals surface area contributed by atoms with Crippen LogP contribution in [0.4, 0.5) is 4.79 Å². The highest BCUT2D eigenvalue weighted by Crippen LogP contribution is 2.28. The summed E-state index contributed by atoms with van der Waals surface area (Å²) in [6, 6.07) is -0.326. The van der Waals surface area contributed by atoms with E-state index in [0.717, 1.165) is 18.9 Å². The summed E-state index contributed by atoms with van der Waals surface area (Å²) in [5, 5.41) is 14.4. The summed E-state index contributed by atoms with van der Waals surface area (Å²) in [5.41, 5.74) is -0.912. The molecule has 1 rings (SSSR count). The van der Waals surface area contributed by atoms with Gasteiger partial charge in [-0.2, -0.15) is 0 Å². The second-order valence-electron chi connectivity index (χ2n) is 5.70. The molecule has 20 heavy (non-hydrogen) atoms. The number of carbonyl (C=O) groups excluding carboxylic acids is 1. The lowest BCUT2D eigenvalue weighted by Gasteiger charge is -2.23. The number of urea groups is 1. The number of amides is 2. The van der Waals surface area contributed by atoms with Crippen LogP contribution in [-0.4, -0.2) is 43.4 Å². The standard InChI is InChI=1S/C14H26N2O4/c1-3-14(2,12(17)18)10-16-13(19)15-7-4-8-20-9-11-5-6-11/h11H,3-10H2,1-2H3,(H,17,18)(H2,15,16,19). The zero-order chi connectivity index (χ0) is 15.0. The Bertz CT molecular complexity index is 331. The summed E-state index contributed by atoms with van der Waals surface area (Å²) in [6.07, 6.45) is 3.79. The Morgan fingerprint density at radius 3 is 2.60 bits per heavy atom. The van der Waals surface area contributed by atoms with Crippen molar-refractivity contribution in [2.24, 2.45) is 11.3 Å². The molecule has 0 aliphatic heterocycles. The smallest absolute Gasteiger partial charge is 0.314 e. The van der Waals surface area contributed by atoms with Crippen LogP contribution in [-0.2, 0) is 9.53 Å². The summed E-state index contributed by atoms with van der Waals surface area (Å²) < 4.78 is 5.45. The average molecular weight is 286 g/mol. The summed E-state index contributed by atoms with van der Waals surface area (Å²) in [4.78, 5) is 22.6. The number of hydrogen-bond acceptors (Lipinski definition) is 3. The second kappa shape index (κ2) is 8.09. The Kier molecular flexibility index (Phi) is 6.78. The molecular weight excluding hydrogens is 260 g/mol. The first-order valence-corrected chi connectivity index (χ1v) is 7.31. The molecule has 6 nitrogen and oxygen atoms in total. The lowest BCUT2D eigenvalue weighted by atomic mass is 9.88. The molecule has 0 spiro atoms. The van der Waals surface area contributed by atoms with Crippen LogP contribution in [0.3, 0.4) is 0 Å². The van der Waals surface area contributed by atoms with Gasteiger partial charge < -0.3 is 20.5 Å². The monoisotopic (exact) mass is 286 g/mol. The Hall–Kier alpha value is -1.30. The number of carbonyl (C=O) groups is 2. The predicted molar refractivity (Wildman–Crippen MR) is 75.6 cm³/mol. The van der Waals surface area contributed by atoms with Crippen molar-refractivity contribution in [3.05, 3.63) is 0 Å². The fourth-order valence-corrected chi connectivity index (χ4v) is 1.60. The third kappa shape index (κ3) is 6.23. The molecule has 116 valence electrons. The lowest BCUT2D eigenvalue weighted by Crippen LogP contribution is -2.44. The molecule has 1 aliphatic rings. The van der Waals surface area contributed by atoms with Gasteiger partial charge in [0.2, 0.25) is 0 Å². The first-order chi connectivity index (χ1) is 9.48. The van der Waals surface area contributed by atoms with Crippen LogP contribution in [0.5, 0.6) is 0 Å². The molecule has 0 aromatic rings. The van der Waals surface area contributed by atoms with Crippen LogP contribution < -0.4 is 10.6 Å². The van der Waals surface area contributed by atoms with Gasteiger partial charge in [0, 0.05) is 26.3 Å². The number of rotatable bonds is 10. The van der Waals surface area contributed by atoms with Crippen molar-refractivity contribution < 1.29 is 19.4 Å². The minimum atomic E-state index is -0.912. The molecule has 0 aromatic carbocycles. The number of nitrogens with one attached hydrogen (secondary N) is 2. The quantitative estimate of drug-likeness (QED) is 0.532. The number of aliphatic carboxylic acids is 1. The first kappa shape index (κ1) is 16.8. The van der Waals surface area contributed by atoms with Crippen molar-refractivity contribution in [1.29, 1.82) is 0 Å². The lowest BCUT2D eigenvalue weighted by molar-refractivity contribution is -0.147. The first-order valence-electron chi connectivity index (χ1n) is 7.31. The highest BCUT2D eigenvalue weighted by molar-refractivity contribution is 5.77. The largest absolute Gasteiger partial charge is 0.481 e. The fraction of sp³-hybridized carbons (Fsp3) is 0.857. The van der Waals surface area contributed by atoms with Crippen LogP contribution >= 0.6 is 0 Å². The van der Waals surface area contributed by atoms with Gasteiger partial charge in [-0.05, 0) is 38.5 Å². The van der Waals surface area contributed by atoms with Gasteiger partial charge in [0.05, 0.1) is 5.41 Å². The maximum Gasteiger partial charge on any atom is 0.314 e. The van der Waals surface area contributed by atoms with Crippen LogP contribution in [0.2, 0.25) is 0 Å². The van der Waals surface area contributed by atoms with Gasteiger partial charge in [0.1, 0.15) is 0 Å². The van der Waals surface area contributed by atoms with E-state index >= 15 is 0 Å². The van der Waals surface area contributed by atoms with Gasteiger partial charge in [0.15, 0.2) is 0 Å². The van der Waals surface area contributed by atoms with E-state index in [1.165, 1.54) is 12.8 Å². The van der Waals surface area contributed by atoms with E-state index in [9.17, 15) is 9.59 Å². The summed E-state index contributed by atoms with van der Waals surface area (Å²) in [6.45, 7) is 5.57. The molecule has 1 unspecified atom stereocenters. The number of carboxylic acid groups (broad SMARTS) is 1. The molecule has 0 radical (unpaired) electrons. The van der Waals surface area contributed by atoms with Gasteiger partial charge in [-0.3, -0.25) is 4.79 Å². The molecule has 0 saturated heterocycles. The maximum atomic E-state index is 11.5. The van der Waals surface area contributed by atoms with Gasteiger partial charge >= 0.3 is 12.0 Å². The van der Waals surface area contributed by atoms with Crippen LogP contribution in [0.25, 0.3) is 0 Å². The predicted octanol–water partition coefficient (Wildman–Crippen LogP) is 1.60. The third-order valence-electron chi connectivity index (χ3n) is 3.74. The minimum absolute atomic E-state index is 0.128. The Balaban J connectivity index is 2.02. The van der Waals surface area contributed by atoms with Crippen molar-refractivity contribution in [1.82, 2.24) is 10.6 Å². The number of hydrogen-bond donors (Lipinski definition) is 3.